The van der Waals surface area contributed by atoms with Crippen molar-refractivity contribution in [3.8, 4) is 5.75 Å². The highest BCUT2D eigenvalue weighted by Crippen LogP contribution is 2.22. The summed E-state index contributed by atoms with van der Waals surface area (Å²) < 4.78 is 46.9. The second kappa shape index (κ2) is 8.77. The van der Waals surface area contributed by atoms with Gasteiger partial charge in [-0.1, -0.05) is 30.3 Å². The average molecular weight is 381 g/mol. The molecule has 26 heavy (non-hydrogen) atoms. The van der Waals surface area contributed by atoms with Crippen molar-refractivity contribution in [2.45, 2.75) is 6.54 Å². The van der Waals surface area contributed by atoms with E-state index in [2.05, 4.69) is 0 Å². The summed E-state index contributed by atoms with van der Waals surface area (Å²) in [4.78, 5) is 14.1. The van der Waals surface area contributed by atoms with Gasteiger partial charge in [-0.05, 0) is 18.2 Å². The van der Waals surface area contributed by atoms with Gasteiger partial charge >= 0.3 is 10.1 Å². The number of hydrogen-bond donors (Lipinski definition) is 0. The van der Waals surface area contributed by atoms with Crippen LogP contribution >= 0.6 is 0 Å². The van der Waals surface area contributed by atoms with Gasteiger partial charge in [0.15, 0.2) is 0 Å². The molecule has 2 aromatic carbocycles. The second-order valence-corrected chi connectivity index (χ2v) is 7.17. The van der Waals surface area contributed by atoms with Gasteiger partial charge in [0.25, 0.3) is 5.91 Å². The monoisotopic (exact) mass is 381 g/mol. The first-order chi connectivity index (χ1) is 12.3. The van der Waals surface area contributed by atoms with Crippen LogP contribution in [-0.4, -0.2) is 45.7 Å². The van der Waals surface area contributed by atoms with E-state index in [0.717, 1.165) is 6.26 Å². The van der Waals surface area contributed by atoms with Crippen molar-refractivity contribution in [2.24, 2.45) is 0 Å². The number of ether oxygens (including phenoxy) is 1. The van der Waals surface area contributed by atoms with Gasteiger partial charge in [0, 0.05) is 25.8 Å². The first-order valence-corrected chi connectivity index (χ1v) is 9.63. The van der Waals surface area contributed by atoms with Gasteiger partial charge in [-0.25, -0.2) is 4.39 Å². The Morgan fingerprint density at radius 1 is 1.12 bits per heavy atom. The van der Waals surface area contributed by atoms with Crippen LogP contribution in [0.15, 0.2) is 48.5 Å². The van der Waals surface area contributed by atoms with Crippen LogP contribution < -0.4 is 4.18 Å². The lowest BCUT2D eigenvalue weighted by molar-refractivity contribution is 0.0675. The Morgan fingerprint density at radius 3 is 2.42 bits per heavy atom. The Kier molecular flexibility index (Phi) is 6.70. The van der Waals surface area contributed by atoms with Crippen molar-refractivity contribution < 1.29 is 26.5 Å². The molecule has 8 heteroatoms. The molecule has 0 unspecified atom stereocenters. The van der Waals surface area contributed by atoms with E-state index in [1.165, 1.54) is 36.3 Å². The van der Waals surface area contributed by atoms with E-state index in [1.807, 2.05) is 0 Å². The molecular formula is C18H20FNO5S. The Balaban J connectivity index is 2.32. The maximum absolute atomic E-state index is 14.0. The number of rotatable bonds is 8. The van der Waals surface area contributed by atoms with Gasteiger partial charge < -0.3 is 13.8 Å². The van der Waals surface area contributed by atoms with Crippen LogP contribution in [0.25, 0.3) is 0 Å². The number of halogens is 1. The maximum atomic E-state index is 14.0. The topological polar surface area (TPSA) is 72.9 Å². The zero-order chi connectivity index (χ0) is 19.2. The first-order valence-electron chi connectivity index (χ1n) is 7.82. The van der Waals surface area contributed by atoms with Crippen molar-refractivity contribution >= 4 is 16.0 Å². The summed E-state index contributed by atoms with van der Waals surface area (Å²) in [6.07, 6.45) is 0.941. The van der Waals surface area contributed by atoms with Crippen molar-refractivity contribution in [3.05, 3.63) is 65.5 Å². The number of para-hydroxylation sites is 1. The van der Waals surface area contributed by atoms with Crippen LogP contribution in [0.5, 0.6) is 5.75 Å². The average Bonchev–Trinajstić information content (AvgIpc) is 2.58. The smallest absolute Gasteiger partial charge is 0.306 e. The molecule has 0 aromatic heterocycles. The molecule has 0 atom stereocenters. The highest BCUT2D eigenvalue weighted by Gasteiger charge is 2.21. The molecule has 0 fully saturated rings. The molecule has 0 aliphatic rings. The molecule has 6 nitrogen and oxygen atoms in total. The molecule has 0 saturated carbocycles. The zero-order valence-corrected chi connectivity index (χ0v) is 15.3. The summed E-state index contributed by atoms with van der Waals surface area (Å²) in [5.74, 6) is -1.02. The summed E-state index contributed by atoms with van der Waals surface area (Å²) in [7, 11) is -2.23. The Labute approximate surface area is 152 Å². The minimum atomic E-state index is -3.72. The third-order valence-electron chi connectivity index (χ3n) is 3.53. The number of methoxy groups -OCH3 is 1. The molecule has 2 rings (SSSR count). The largest absolute Gasteiger partial charge is 0.383 e. The van der Waals surface area contributed by atoms with E-state index in [4.69, 9.17) is 8.92 Å². The Morgan fingerprint density at radius 2 is 1.77 bits per heavy atom. The third kappa shape index (κ3) is 5.53. The van der Waals surface area contributed by atoms with Crippen molar-refractivity contribution in [1.82, 2.24) is 4.90 Å². The minimum absolute atomic E-state index is 0.0439. The minimum Gasteiger partial charge on any atom is -0.383 e. The van der Waals surface area contributed by atoms with Crippen LogP contribution in [0.3, 0.4) is 0 Å². The van der Waals surface area contributed by atoms with E-state index in [0.29, 0.717) is 5.56 Å². The van der Waals surface area contributed by atoms with Crippen molar-refractivity contribution in [1.29, 1.82) is 0 Å². The number of amides is 1. The van der Waals surface area contributed by atoms with E-state index in [1.54, 1.807) is 24.3 Å². The van der Waals surface area contributed by atoms with Gasteiger partial charge in [-0.2, -0.15) is 8.42 Å². The third-order valence-corrected chi connectivity index (χ3v) is 4.01. The SMILES string of the molecule is COCCN(Cc1ccccc1OS(C)(=O)=O)C(=O)c1ccccc1F. The summed E-state index contributed by atoms with van der Waals surface area (Å²) in [6.45, 7) is 0.494. The quantitative estimate of drug-likeness (QED) is 0.657. The number of carbonyl (C=O) groups is 1. The van der Waals surface area contributed by atoms with Crippen molar-refractivity contribution in [3.63, 3.8) is 0 Å². The molecular weight excluding hydrogens is 361 g/mol. The van der Waals surface area contributed by atoms with Crippen LogP contribution in [-0.2, 0) is 21.4 Å². The molecule has 1 amide bonds. The van der Waals surface area contributed by atoms with E-state index >= 15 is 0 Å². The first kappa shape index (κ1) is 19.9. The molecule has 0 aliphatic heterocycles. The lowest BCUT2D eigenvalue weighted by atomic mass is 10.1. The van der Waals surface area contributed by atoms with Gasteiger partial charge in [0.2, 0.25) is 0 Å². The highest BCUT2D eigenvalue weighted by molar-refractivity contribution is 7.86. The van der Waals surface area contributed by atoms with Crippen molar-refractivity contribution in [2.75, 3.05) is 26.5 Å². The predicted molar refractivity (Wildman–Crippen MR) is 94.9 cm³/mol. The normalized spacial score (nSPS) is 11.2. The van der Waals surface area contributed by atoms with Gasteiger partial charge in [0.05, 0.1) is 18.4 Å². The van der Waals surface area contributed by atoms with Crippen LogP contribution in [0, 0.1) is 5.82 Å². The molecule has 0 aliphatic carbocycles. The fourth-order valence-electron chi connectivity index (χ4n) is 2.34. The van der Waals surface area contributed by atoms with Crippen LogP contribution in [0.4, 0.5) is 4.39 Å². The molecule has 2 aromatic rings. The molecule has 0 bridgehead atoms. The fourth-order valence-corrected chi connectivity index (χ4v) is 2.83. The lowest BCUT2D eigenvalue weighted by Gasteiger charge is -2.23. The van der Waals surface area contributed by atoms with E-state index in [9.17, 15) is 17.6 Å². The Bertz CT molecular complexity index is 869. The van der Waals surface area contributed by atoms with Crippen LogP contribution in [0.1, 0.15) is 15.9 Å². The van der Waals surface area contributed by atoms with Gasteiger partial charge in [-0.15, -0.1) is 0 Å². The van der Waals surface area contributed by atoms with E-state index < -0.39 is 21.8 Å². The number of hydrogen-bond acceptors (Lipinski definition) is 5. The van der Waals surface area contributed by atoms with Crippen LogP contribution in [0.2, 0.25) is 0 Å². The fraction of sp³-hybridized carbons (Fsp3) is 0.278. The maximum Gasteiger partial charge on any atom is 0.306 e. The molecule has 0 spiro atoms. The number of carbonyl (C=O) groups excluding carboxylic acids is 1. The molecule has 0 saturated heterocycles. The number of nitrogens with zero attached hydrogens (tertiary/aromatic N) is 1. The predicted octanol–water partition coefficient (Wildman–Crippen LogP) is 2.45. The zero-order valence-electron chi connectivity index (χ0n) is 14.5. The van der Waals surface area contributed by atoms with E-state index in [-0.39, 0.29) is 31.0 Å². The molecule has 0 radical (unpaired) electrons. The van der Waals surface area contributed by atoms with Gasteiger partial charge in [-0.3, -0.25) is 4.79 Å². The van der Waals surface area contributed by atoms with Gasteiger partial charge in [0.1, 0.15) is 11.6 Å². The summed E-state index contributed by atoms with van der Waals surface area (Å²) in [5.41, 5.74) is 0.420. The highest BCUT2D eigenvalue weighted by atomic mass is 32.2. The second-order valence-electron chi connectivity index (χ2n) is 5.59. The molecule has 0 N–H and O–H groups in total. The lowest BCUT2D eigenvalue weighted by Crippen LogP contribution is -2.34. The number of benzene rings is 2. The Hall–Kier alpha value is -2.45. The summed E-state index contributed by atoms with van der Waals surface area (Å²) >= 11 is 0. The summed E-state index contributed by atoms with van der Waals surface area (Å²) in [5, 5.41) is 0. The molecule has 140 valence electrons. The molecule has 0 heterocycles. The standard InChI is InChI=1S/C18H20FNO5S/c1-24-12-11-20(18(21)15-8-4-5-9-16(15)19)13-14-7-3-6-10-17(14)25-26(2,22)23/h3-10H,11-13H2,1-2H3. The summed E-state index contributed by atoms with van der Waals surface area (Å²) in [6, 6.07) is 12.2.